The van der Waals surface area contributed by atoms with E-state index >= 15 is 0 Å². The van der Waals surface area contributed by atoms with Crippen molar-refractivity contribution in [3.63, 3.8) is 0 Å². The molecule has 0 radical (unpaired) electrons. The number of hydrogen-bond donors (Lipinski definition) is 0. The van der Waals surface area contributed by atoms with Crippen LogP contribution in [0.1, 0.15) is 11.1 Å². The molecular weight excluding hydrogens is 324 g/mol. The molecule has 0 N–H and O–H groups in total. The molecule has 2 aromatic rings. The number of hydrogen-bond acceptors (Lipinski definition) is 5. The number of carbonyl (C=O) groups excluding carboxylic acids is 1. The van der Waals surface area contributed by atoms with Gasteiger partial charge in [0, 0.05) is 16.7 Å². The zero-order valence-electron chi connectivity index (χ0n) is 12.9. The highest BCUT2D eigenvalue weighted by Crippen LogP contribution is 2.33. The van der Waals surface area contributed by atoms with E-state index in [1.807, 2.05) is 30.3 Å². The number of nitriles is 1. The Balaban J connectivity index is 2.07. The molecule has 0 fully saturated rings. The zero-order valence-corrected chi connectivity index (χ0v) is 13.7. The van der Waals surface area contributed by atoms with Crippen molar-refractivity contribution in [1.29, 1.82) is 5.26 Å². The number of cyclic esters (lactones) is 1. The third-order valence-electron chi connectivity index (χ3n) is 3.77. The Morgan fingerprint density at radius 1 is 1.08 bits per heavy atom. The minimum atomic E-state index is -2.73. The van der Waals surface area contributed by atoms with Crippen LogP contribution in [0.5, 0.6) is 0 Å². The highest BCUT2D eigenvalue weighted by atomic mass is 32.2. The average Bonchev–Trinajstić information content (AvgIpc) is 2.97. The van der Waals surface area contributed by atoms with Gasteiger partial charge < -0.3 is 4.74 Å². The van der Waals surface area contributed by atoms with Crippen LogP contribution < -0.4 is 0 Å². The topological polar surface area (TPSA) is 79.5 Å². The highest BCUT2D eigenvalue weighted by molar-refractivity contribution is 7.93. The third-order valence-corrected chi connectivity index (χ3v) is 5.35. The van der Waals surface area contributed by atoms with E-state index in [4.69, 9.17) is 10.00 Å². The number of esters is 1. The van der Waals surface area contributed by atoms with Crippen LogP contribution in [0, 0.1) is 11.5 Å². The monoisotopic (exact) mass is 338 g/mol. The van der Waals surface area contributed by atoms with Gasteiger partial charge in [-0.3, -0.25) is 0 Å². The molecule has 0 saturated heterocycles. The maximum atomic E-state index is 12.3. The van der Waals surface area contributed by atoms with Crippen LogP contribution in [0.2, 0.25) is 0 Å². The number of rotatable bonds is 3. The lowest BCUT2D eigenvalue weighted by Gasteiger charge is -2.07. The van der Waals surface area contributed by atoms with Gasteiger partial charge in [-0.15, -0.1) is 4.36 Å². The molecule has 0 bridgehead atoms. The van der Waals surface area contributed by atoms with Crippen LogP contribution >= 0.6 is 0 Å². The molecule has 24 heavy (non-hydrogen) atoms. The minimum Gasteiger partial charge on any atom is -0.457 e. The van der Waals surface area contributed by atoms with Crippen LogP contribution in [0.4, 0.5) is 0 Å². The molecule has 6 heteroatoms. The molecule has 1 aliphatic rings. The van der Waals surface area contributed by atoms with E-state index in [0.717, 1.165) is 16.7 Å². The molecule has 1 heterocycles. The fourth-order valence-corrected chi connectivity index (χ4v) is 3.47. The zero-order chi connectivity index (χ0) is 17.2. The van der Waals surface area contributed by atoms with Crippen molar-refractivity contribution in [3.8, 4) is 6.19 Å². The Kier molecular flexibility index (Phi) is 4.19. The highest BCUT2D eigenvalue weighted by Gasteiger charge is 2.27. The summed E-state index contributed by atoms with van der Waals surface area (Å²) in [5.74, 6) is -0.348. The molecule has 5 nitrogen and oxygen atoms in total. The summed E-state index contributed by atoms with van der Waals surface area (Å²) in [5.41, 5.74) is 2.95. The van der Waals surface area contributed by atoms with Gasteiger partial charge in [0.2, 0.25) is 6.19 Å². The SMILES string of the molecule is CS(=O)(=NC#N)c1ccc(C2=C(c3ccccc3)C(=O)OC2)cc1. The predicted octanol–water partition coefficient (Wildman–Crippen LogP) is 3.09. The molecule has 3 rings (SSSR count). The molecule has 0 aliphatic carbocycles. The van der Waals surface area contributed by atoms with Gasteiger partial charge in [-0.25, -0.2) is 9.00 Å². The summed E-state index contributed by atoms with van der Waals surface area (Å²) in [7, 11) is -2.73. The van der Waals surface area contributed by atoms with Crippen molar-refractivity contribution >= 4 is 26.8 Å². The van der Waals surface area contributed by atoms with Crippen LogP contribution in [0.15, 0.2) is 63.9 Å². The van der Waals surface area contributed by atoms with Crippen LogP contribution in [-0.4, -0.2) is 23.0 Å². The number of carbonyl (C=O) groups is 1. The van der Waals surface area contributed by atoms with Gasteiger partial charge in [0.25, 0.3) is 0 Å². The summed E-state index contributed by atoms with van der Waals surface area (Å²) in [5, 5.41) is 8.62. The average molecular weight is 338 g/mol. The summed E-state index contributed by atoms with van der Waals surface area (Å²) >= 11 is 0. The molecule has 0 saturated carbocycles. The van der Waals surface area contributed by atoms with E-state index in [9.17, 15) is 9.00 Å². The van der Waals surface area contributed by atoms with Crippen LogP contribution in [0.3, 0.4) is 0 Å². The summed E-state index contributed by atoms with van der Waals surface area (Å²) in [6, 6.07) is 16.2. The van der Waals surface area contributed by atoms with Crippen LogP contribution in [0.25, 0.3) is 11.1 Å². The van der Waals surface area contributed by atoms with Gasteiger partial charge in [0.1, 0.15) is 6.61 Å². The summed E-state index contributed by atoms with van der Waals surface area (Å²) in [4.78, 5) is 12.6. The van der Waals surface area contributed by atoms with Crippen LogP contribution in [-0.2, 0) is 19.3 Å². The number of ether oxygens (including phenoxy) is 1. The molecular formula is C18H14N2O3S. The largest absolute Gasteiger partial charge is 0.457 e. The van der Waals surface area contributed by atoms with E-state index in [1.54, 1.807) is 30.5 Å². The fourth-order valence-electron chi connectivity index (χ4n) is 2.57. The van der Waals surface area contributed by atoms with E-state index in [-0.39, 0.29) is 12.6 Å². The Labute approximate surface area is 140 Å². The Hall–Kier alpha value is -2.91. The Bertz CT molecular complexity index is 977. The lowest BCUT2D eigenvalue weighted by Crippen LogP contribution is -1.98. The normalized spacial score (nSPS) is 16.2. The molecule has 1 atom stereocenters. The Morgan fingerprint density at radius 3 is 2.38 bits per heavy atom. The molecule has 0 aromatic heterocycles. The second-order valence-electron chi connectivity index (χ2n) is 5.31. The molecule has 0 amide bonds. The van der Waals surface area contributed by atoms with E-state index in [0.29, 0.717) is 10.5 Å². The molecule has 1 aliphatic heterocycles. The maximum absolute atomic E-state index is 12.3. The quantitative estimate of drug-likeness (QED) is 0.636. The third kappa shape index (κ3) is 2.94. The fraction of sp³-hybridized carbons (Fsp3) is 0.111. The summed E-state index contributed by atoms with van der Waals surface area (Å²) in [6.07, 6.45) is 3.00. The molecule has 2 aromatic carbocycles. The van der Waals surface area contributed by atoms with Gasteiger partial charge >= 0.3 is 5.97 Å². The van der Waals surface area contributed by atoms with Crippen molar-refractivity contribution in [1.82, 2.24) is 0 Å². The molecule has 1 unspecified atom stereocenters. The number of benzene rings is 2. The predicted molar refractivity (Wildman–Crippen MR) is 91.0 cm³/mol. The lowest BCUT2D eigenvalue weighted by molar-refractivity contribution is -0.133. The van der Waals surface area contributed by atoms with E-state index in [1.165, 1.54) is 6.26 Å². The first-order valence-electron chi connectivity index (χ1n) is 7.19. The van der Waals surface area contributed by atoms with Crippen molar-refractivity contribution < 1.29 is 13.7 Å². The van der Waals surface area contributed by atoms with E-state index in [2.05, 4.69) is 4.36 Å². The second kappa shape index (κ2) is 6.30. The van der Waals surface area contributed by atoms with Gasteiger partial charge in [-0.1, -0.05) is 42.5 Å². The van der Waals surface area contributed by atoms with Gasteiger partial charge in [0.05, 0.1) is 15.3 Å². The standard InChI is InChI=1S/C18H14N2O3S/c1-24(22,20-12-19)15-9-7-13(8-10-15)16-11-23-18(21)17(16)14-5-3-2-4-6-14/h2-10H,11H2,1H3. The Morgan fingerprint density at radius 2 is 1.75 bits per heavy atom. The lowest BCUT2D eigenvalue weighted by atomic mass is 9.97. The first-order chi connectivity index (χ1) is 11.5. The second-order valence-corrected chi connectivity index (χ2v) is 7.57. The van der Waals surface area contributed by atoms with Gasteiger partial charge in [-0.05, 0) is 23.3 Å². The van der Waals surface area contributed by atoms with Gasteiger partial charge in [-0.2, -0.15) is 5.26 Å². The van der Waals surface area contributed by atoms with Crippen molar-refractivity contribution in [2.24, 2.45) is 4.36 Å². The first-order valence-corrected chi connectivity index (χ1v) is 9.11. The van der Waals surface area contributed by atoms with Crippen molar-refractivity contribution in [3.05, 3.63) is 65.7 Å². The first kappa shape index (κ1) is 16.0. The summed E-state index contributed by atoms with van der Waals surface area (Å²) in [6.45, 7) is 0.201. The van der Waals surface area contributed by atoms with E-state index < -0.39 is 9.73 Å². The molecule has 0 spiro atoms. The maximum Gasteiger partial charge on any atom is 0.339 e. The van der Waals surface area contributed by atoms with Gasteiger partial charge in [0.15, 0.2) is 0 Å². The van der Waals surface area contributed by atoms with Crippen molar-refractivity contribution in [2.75, 3.05) is 12.9 Å². The summed E-state index contributed by atoms with van der Waals surface area (Å²) < 4.78 is 20.9. The van der Waals surface area contributed by atoms with Crippen molar-refractivity contribution in [2.45, 2.75) is 4.90 Å². The number of nitrogens with zero attached hydrogens (tertiary/aromatic N) is 2. The smallest absolute Gasteiger partial charge is 0.339 e. The molecule has 120 valence electrons. The minimum absolute atomic E-state index is 0.201.